The van der Waals surface area contributed by atoms with Crippen LogP contribution in [0, 0.1) is 0 Å². The lowest BCUT2D eigenvalue weighted by Crippen LogP contribution is -2.19. The summed E-state index contributed by atoms with van der Waals surface area (Å²) >= 11 is 6.14. The number of fused-ring (bicyclic) bond motifs is 1. The van der Waals surface area contributed by atoms with E-state index in [-0.39, 0.29) is 5.54 Å². The summed E-state index contributed by atoms with van der Waals surface area (Å²) in [5.41, 5.74) is 8.12. The van der Waals surface area contributed by atoms with Gasteiger partial charge in [-0.15, -0.1) is 0 Å². The highest BCUT2D eigenvalue weighted by atomic mass is 35.5. The highest BCUT2D eigenvalue weighted by Gasteiger charge is 2.41. The maximum absolute atomic E-state index is 6.20. The van der Waals surface area contributed by atoms with E-state index in [0.29, 0.717) is 5.15 Å². The van der Waals surface area contributed by atoms with E-state index >= 15 is 0 Å². The van der Waals surface area contributed by atoms with Gasteiger partial charge in [0.1, 0.15) is 5.15 Å². The molecule has 1 aromatic heterocycles. The molecule has 1 fully saturated rings. The fourth-order valence-electron chi connectivity index (χ4n) is 1.99. The van der Waals surface area contributed by atoms with Crippen LogP contribution in [0.2, 0.25) is 5.15 Å². The molecule has 1 saturated carbocycles. The van der Waals surface area contributed by atoms with Crippen LogP contribution in [-0.4, -0.2) is 9.78 Å². The molecule has 3 nitrogen and oxygen atoms in total. The van der Waals surface area contributed by atoms with Crippen molar-refractivity contribution in [2.45, 2.75) is 18.4 Å². The maximum Gasteiger partial charge on any atom is 0.134 e. The van der Waals surface area contributed by atoms with Crippen molar-refractivity contribution in [3.63, 3.8) is 0 Å². The van der Waals surface area contributed by atoms with Gasteiger partial charge in [0.05, 0.1) is 5.52 Å². The first kappa shape index (κ1) is 9.19. The molecule has 1 aromatic carbocycles. The third kappa shape index (κ3) is 1.20. The Morgan fingerprint density at radius 3 is 2.87 bits per heavy atom. The predicted molar refractivity (Wildman–Crippen MR) is 60.8 cm³/mol. The van der Waals surface area contributed by atoms with E-state index in [1.165, 1.54) is 0 Å². The summed E-state index contributed by atoms with van der Waals surface area (Å²) in [6.07, 6.45) is 2.08. The number of hydrogen-bond donors (Lipinski definition) is 1. The monoisotopic (exact) mass is 221 g/mol. The summed E-state index contributed by atoms with van der Waals surface area (Å²) in [7, 11) is 1.85. The van der Waals surface area contributed by atoms with Crippen LogP contribution in [0.3, 0.4) is 0 Å². The molecule has 0 saturated heterocycles. The van der Waals surface area contributed by atoms with Gasteiger partial charge in [-0.25, -0.2) is 0 Å². The lowest BCUT2D eigenvalue weighted by molar-refractivity contribution is 0.734. The SMILES string of the molecule is Cn1nc2c(C3(N)CC3)cccc2c1Cl. The number of hydrogen-bond acceptors (Lipinski definition) is 2. The molecular formula is C11H12ClN3. The molecule has 0 radical (unpaired) electrons. The molecule has 0 atom stereocenters. The number of nitrogens with zero attached hydrogens (tertiary/aromatic N) is 2. The fraction of sp³-hybridized carbons (Fsp3) is 0.364. The van der Waals surface area contributed by atoms with E-state index in [0.717, 1.165) is 29.3 Å². The molecule has 1 aliphatic carbocycles. The average molecular weight is 222 g/mol. The lowest BCUT2D eigenvalue weighted by Gasteiger charge is -2.08. The van der Waals surface area contributed by atoms with Crippen molar-refractivity contribution in [1.82, 2.24) is 9.78 Å². The molecule has 0 aliphatic heterocycles. The summed E-state index contributed by atoms with van der Waals surface area (Å²) in [5, 5.41) is 6.09. The van der Waals surface area contributed by atoms with E-state index in [9.17, 15) is 0 Å². The molecule has 15 heavy (non-hydrogen) atoms. The molecule has 78 valence electrons. The van der Waals surface area contributed by atoms with E-state index in [2.05, 4.69) is 11.2 Å². The number of halogens is 1. The number of aryl methyl sites for hydroxylation is 1. The second-order valence-electron chi connectivity index (χ2n) is 4.27. The normalized spacial score (nSPS) is 18.3. The van der Waals surface area contributed by atoms with Crippen molar-refractivity contribution in [2.24, 2.45) is 12.8 Å². The highest BCUT2D eigenvalue weighted by molar-refractivity contribution is 6.34. The molecule has 0 spiro atoms. The van der Waals surface area contributed by atoms with Crippen molar-refractivity contribution >= 4 is 22.5 Å². The Labute approximate surface area is 92.8 Å². The van der Waals surface area contributed by atoms with Crippen molar-refractivity contribution in [2.75, 3.05) is 0 Å². The van der Waals surface area contributed by atoms with Crippen LogP contribution in [0.5, 0.6) is 0 Å². The van der Waals surface area contributed by atoms with Gasteiger partial charge in [0.25, 0.3) is 0 Å². The molecule has 0 unspecified atom stereocenters. The minimum absolute atomic E-state index is 0.156. The average Bonchev–Trinajstić information content (AvgIpc) is 2.90. The Balaban J connectivity index is 2.36. The summed E-state index contributed by atoms with van der Waals surface area (Å²) in [6, 6.07) is 6.04. The minimum atomic E-state index is -0.156. The molecule has 0 bridgehead atoms. The molecule has 2 aromatic rings. The quantitative estimate of drug-likeness (QED) is 0.802. The Bertz CT molecular complexity index is 540. The summed E-state index contributed by atoms with van der Waals surface area (Å²) in [4.78, 5) is 0. The van der Waals surface area contributed by atoms with Gasteiger partial charge in [-0.1, -0.05) is 23.7 Å². The Kier molecular flexibility index (Phi) is 1.68. The summed E-state index contributed by atoms with van der Waals surface area (Å²) in [5.74, 6) is 0. The van der Waals surface area contributed by atoms with Gasteiger partial charge in [-0.3, -0.25) is 4.68 Å². The van der Waals surface area contributed by atoms with Crippen molar-refractivity contribution < 1.29 is 0 Å². The molecule has 1 heterocycles. The van der Waals surface area contributed by atoms with Crippen molar-refractivity contribution in [3.05, 3.63) is 28.9 Å². The standard InChI is InChI=1S/C11H12ClN3/c1-15-10(12)7-3-2-4-8(9(7)14-15)11(13)5-6-11/h2-4H,5-6,13H2,1H3. The molecule has 2 N–H and O–H groups in total. The van der Waals surface area contributed by atoms with E-state index in [1.807, 2.05) is 19.2 Å². The fourth-order valence-corrected chi connectivity index (χ4v) is 2.18. The molecule has 1 aliphatic rings. The first-order chi connectivity index (χ1) is 7.12. The van der Waals surface area contributed by atoms with Crippen LogP contribution in [0.15, 0.2) is 18.2 Å². The maximum atomic E-state index is 6.20. The van der Waals surface area contributed by atoms with Crippen LogP contribution >= 0.6 is 11.6 Å². The highest BCUT2D eigenvalue weighted by Crippen LogP contribution is 2.45. The topological polar surface area (TPSA) is 43.8 Å². The van der Waals surface area contributed by atoms with Crippen LogP contribution in [0.1, 0.15) is 18.4 Å². The van der Waals surface area contributed by atoms with Crippen LogP contribution in [0.4, 0.5) is 0 Å². The second-order valence-corrected chi connectivity index (χ2v) is 4.63. The van der Waals surface area contributed by atoms with E-state index in [1.54, 1.807) is 4.68 Å². The summed E-state index contributed by atoms with van der Waals surface area (Å²) in [6.45, 7) is 0. The van der Waals surface area contributed by atoms with Crippen LogP contribution < -0.4 is 5.73 Å². The van der Waals surface area contributed by atoms with Gasteiger partial charge in [-0.2, -0.15) is 5.10 Å². The Hall–Kier alpha value is -1.06. The van der Waals surface area contributed by atoms with Gasteiger partial charge < -0.3 is 5.73 Å². The molecular weight excluding hydrogens is 210 g/mol. The second kappa shape index (κ2) is 2.74. The van der Waals surface area contributed by atoms with Crippen molar-refractivity contribution in [3.8, 4) is 0 Å². The Morgan fingerprint density at radius 1 is 1.47 bits per heavy atom. The largest absolute Gasteiger partial charge is 0.321 e. The summed E-state index contributed by atoms with van der Waals surface area (Å²) < 4.78 is 1.70. The minimum Gasteiger partial charge on any atom is -0.321 e. The van der Waals surface area contributed by atoms with Crippen molar-refractivity contribution in [1.29, 1.82) is 0 Å². The lowest BCUT2D eigenvalue weighted by atomic mass is 10.0. The van der Waals surface area contributed by atoms with Gasteiger partial charge in [0.15, 0.2) is 0 Å². The van der Waals surface area contributed by atoms with E-state index in [4.69, 9.17) is 17.3 Å². The number of rotatable bonds is 1. The first-order valence-corrected chi connectivity index (χ1v) is 5.40. The van der Waals surface area contributed by atoms with Crippen LogP contribution in [-0.2, 0) is 12.6 Å². The zero-order valence-corrected chi connectivity index (χ0v) is 9.25. The molecule has 4 heteroatoms. The number of aromatic nitrogens is 2. The predicted octanol–water partition coefficient (Wildman–Crippen LogP) is 2.17. The first-order valence-electron chi connectivity index (χ1n) is 5.02. The zero-order valence-electron chi connectivity index (χ0n) is 8.50. The number of nitrogens with two attached hydrogens (primary N) is 1. The molecule has 3 rings (SSSR count). The third-order valence-electron chi connectivity index (χ3n) is 3.12. The van der Waals surface area contributed by atoms with Gasteiger partial charge in [-0.05, 0) is 18.9 Å². The third-order valence-corrected chi connectivity index (χ3v) is 3.57. The molecule has 0 amide bonds. The Morgan fingerprint density at radius 2 is 2.20 bits per heavy atom. The van der Waals surface area contributed by atoms with E-state index < -0.39 is 0 Å². The number of benzene rings is 1. The van der Waals surface area contributed by atoms with Gasteiger partial charge >= 0.3 is 0 Å². The van der Waals surface area contributed by atoms with Gasteiger partial charge in [0, 0.05) is 23.5 Å². The van der Waals surface area contributed by atoms with Crippen LogP contribution in [0.25, 0.3) is 10.9 Å². The van der Waals surface area contributed by atoms with Gasteiger partial charge in [0.2, 0.25) is 0 Å². The smallest absolute Gasteiger partial charge is 0.134 e. The zero-order chi connectivity index (χ0) is 10.6.